The van der Waals surface area contributed by atoms with Crippen LogP contribution in [-0.4, -0.2) is 55.1 Å². The second-order valence-corrected chi connectivity index (χ2v) is 7.52. The second-order valence-electron chi connectivity index (χ2n) is 6.60. The highest BCUT2D eigenvalue weighted by atomic mass is 79.9. The van der Waals surface area contributed by atoms with Gasteiger partial charge in [-0.15, -0.1) is 0 Å². The molecule has 0 radical (unpaired) electrons. The molecule has 0 spiro atoms. The van der Waals surface area contributed by atoms with E-state index in [1.807, 2.05) is 49.5 Å². The van der Waals surface area contributed by atoms with Gasteiger partial charge < -0.3 is 15.0 Å². The van der Waals surface area contributed by atoms with Gasteiger partial charge in [0.15, 0.2) is 0 Å². The molecule has 0 aliphatic carbocycles. The van der Waals surface area contributed by atoms with E-state index in [1.165, 1.54) is 0 Å². The molecule has 2 heterocycles. The number of rotatable bonds is 6. The average Bonchev–Trinajstić information content (AvgIpc) is 2.72. The minimum atomic E-state index is -0.150. The molecule has 1 unspecified atom stereocenters. The molecule has 27 heavy (non-hydrogen) atoms. The third kappa shape index (κ3) is 5.20. The number of anilines is 1. The van der Waals surface area contributed by atoms with Crippen molar-refractivity contribution >= 4 is 27.7 Å². The molecule has 6 nitrogen and oxygen atoms in total. The second kappa shape index (κ2) is 9.19. The summed E-state index contributed by atoms with van der Waals surface area (Å²) in [7, 11) is 1.64. The maximum Gasteiger partial charge on any atom is 0.237 e. The van der Waals surface area contributed by atoms with Gasteiger partial charge in [-0.25, -0.2) is 4.98 Å². The average molecular weight is 433 g/mol. The van der Waals surface area contributed by atoms with E-state index in [4.69, 9.17) is 4.74 Å². The number of hydrogen-bond donors (Lipinski definition) is 1. The third-order valence-electron chi connectivity index (χ3n) is 4.90. The smallest absolute Gasteiger partial charge is 0.237 e. The van der Waals surface area contributed by atoms with Crippen LogP contribution in [0.3, 0.4) is 0 Å². The molecule has 1 amide bonds. The fraction of sp³-hybridized carbons (Fsp3) is 0.400. The zero-order valence-corrected chi connectivity index (χ0v) is 17.3. The third-order valence-corrected chi connectivity index (χ3v) is 5.37. The molecule has 144 valence electrons. The van der Waals surface area contributed by atoms with Crippen molar-refractivity contribution in [2.24, 2.45) is 0 Å². The molecule has 1 aliphatic rings. The first-order valence-electron chi connectivity index (χ1n) is 9.08. The summed E-state index contributed by atoms with van der Waals surface area (Å²) in [5.41, 5.74) is 1.06. The molecule has 1 atom stereocenters. The van der Waals surface area contributed by atoms with E-state index in [9.17, 15) is 4.79 Å². The van der Waals surface area contributed by atoms with Gasteiger partial charge in [-0.3, -0.25) is 9.69 Å². The molecule has 1 aromatic heterocycles. The first kappa shape index (κ1) is 19.6. The Labute approximate surface area is 168 Å². The largest absolute Gasteiger partial charge is 0.497 e. The van der Waals surface area contributed by atoms with Crippen molar-refractivity contribution in [1.82, 2.24) is 15.2 Å². The molecule has 1 saturated heterocycles. The highest BCUT2D eigenvalue weighted by molar-refractivity contribution is 9.10. The van der Waals surface area contributed by atoms with Crippen LogP contribution in [0.5, 0.6) is 5.75 Å². The number of ether oxygens (including phenoxy) is 1. The van der Waals surface area contributed by atoms with Crippen LogP contribution in [0.15, 0.2) is 47.1 Å². The molecule has 1 fully saturated rings. The van der Waals surface area contributed by atoms with Crippen LogP contribution in [0.4, 0.5) is 5.82 Å². The number of nitrogens with one attached hydrogen (secondary N) is 1. The van der Waals surface area contributed by atoms with E-state index < -0.39 is 0 Å². The topological polar surface area (TPSA) is 57.7 Å². The Morgan fingerprint density at radius 3 is 2.48 bits per heavy atom. The highest BCUT2D eigenvalue weighted by Gasteiger charge is 2.25. The molecule has 1 aliphatic heterocycles. The van der Waals surface area contributed by atoms with Crippen molar-refractivity contribution in [3.05, 3.63) is 52.6 Å². The summed E-state index contributed by atoms with van der Waals surface area (Å²) in [5, 5.41) is 3.03. The standard InChI is InChI=1S/C20H25BrN4O2/c1-15(20(26)23-13-16-3-6-18(27-2)7-4-16)24-9-11-25(12-10-24)19-8-5-17(21)14-22-19/h3-8,14-15H,9-13H2,1-2H3,(H,23,26). The highest BCUT2D eigenvalue weighted by Crippen LogP contribution is 2.17. The van der Waals surface area contributed by atoms with Gasteiger partial charge in [0.25, 0.3) is 0 Å². The van der Waals surface area contributed by atoms with Crippen LogP contribution in [0.25, 0.3) is 0 Å². The lowest BCUT2D eigenvalue weighted by atomic mass is 10.2. The van der Waals surface area contributed by atoms with Crippen molar-refractivity contribution in [2.75, 3.05) is 38.2 Å². The van der Waals surface area contributed by atoms with E-state index in [2.05, 4.69) is 36.0 Å². The van der Waals surface area contributed by atoms with Crippen LogP contribution >= 0.6 is 15.9 Å². The van der Waals surface area contributed by atoms with Gasteiger partial charge in [0, 0.05) is 43.4 Å². The maximum atomic E-state index is 12.5. The summed E-state index contributed by atoms with van der Waals surface area (Å²) in [5.74, 6) is 1.85. The lowest BCUT2D eigenvalue weighted by Crippen LogP contribution is -2.54. The van der Waals surface area contributed by atoms with Crippen molar-refractivity contribution in [3.8, 4) is 5.75 Å². The van der Waals surface area contributed by atoms with Gasteiger partial charge in [0.1, 0.15) is 11.6 Å². The molecular formula is C20H25BrN4O2. The lowest BCUT2D eigenvalue weighted by molar-refractivity contribution is -0.126. The molecular weight excluding hydrogens is 408 g/mol. The number of benzene rings is 1. The van der Waals surface area contributed by atoms with E-state index in [0.29, 0.717) is 6.54 Å². The predicted molar refractivity (Wildman–Crippen MR) is 110 cm³/mol. The molecule has 1 N–H and O–H groups in total. The quantitative estimate of drug-likeness (QED) is 0.760. The van der Waals surface area contributed by atoms with Gasteiger partial charge in [-0.05, 0) is 52.7 Å². The SMILES string of the molecule is COc1ccc(CNC(=O)C(C)N2CCN(c3ccc(Br)cn3)CC2)cc1. The molecule has 7 heteroatoms. The molecule has 0 saturated carbocycles. The van der Waals surface area contributed by atoms with Gasteiger partial charge in [-0.1, -0.05) is 12.1 Å². The number of aromatic nitrogens is 1. The summed E-state index contributed by atoms with van der Waals surface area (Å²) in [6.07, 6.45) is 1.82. The summed E-state index contributed by atoms with van der Waals surface area (Å²) < 4.78 is 6.13. The van der Waals surface area contributed by atoms with Crippen LogP contribution < -0.4 is 15.0 Å². The van der Waals surface area contributed by atoms with Gasteiger partial charge in [0.2, 0.25) is 5.91 Å². The molecule has 3 rings (SSSR count). The van der Waals surface area contributed by atoms with Crippen molar-refractivity contribution in [2.45, 2.75) is 19.5 Å². The Hall–Kier alpha value is -2.12. The number of halogens is 1. The number of piperazine rings is 1. The Bertz CT molecular complexity index is 744. The molecule has 1 aromatic carbocycles. The maximum absolute atomic E-state index is 12.5. The van der Waals surface area contributed by atoms with Crippen molar-refractivity contribution in [3.63, 3.8) is 0 Å². The number of pyridine rings is 1. The Morgan fingerprint density at radius 1 is 1.19 bits per heavy atom. The number of nitrogens with zero attached hydrogens (tertiary/aromatic N) is 3. The summed E-state index contributed by atoms with van der Waals surface area (Å²) in [6.45, 7) is 5.91. The predicted octanol–water partition coefficient (Wildman–Crippen LogP) is 2.68. The van der Waals surface area contributed by atoms with Crippen molar-refractivity contribution < 1.29 is 9.53 Å². The van der Waals surface area contributed by atoms with E-state index in [0.717, 1.165) is 47.8 Å². The number of carbonyl (C=O) groups is 1. The van der Waals surface area contributed by atoms with E-state index in [1.54, 1.807) is 7.11 Å². The van der Waals surface area contributed by atoms with Crippen LogP contribution in [0.1, 0.15) is 12.5 Å². The van der Waals surface area contributed by atoms with Gasteiger partial charge >= 0.3 is 0 Å². The fourth-order valence-electron chi connectivity index (χ4n) is 3.14. The zero-order valence-electron chi connectivity index (χ0n) is 15.7. The number of amides is 1. The summed E-state index contributed by atoms with van der Waals surface area (Å²) in [4.78, 5) is 21.4. The summed E-state index contributed by atoms with van der Waals surface area (Å²) in [6, 6.07) is 11.6. The minimum Gasteiger partial charge on any atom is -0.497 e. The fourth-order valence-corrected chi connectivity index (χ4v) is 3.37. The van der Waals surface area contributed by atoms with Gasteiger partial charge in [0.05, 0.1) is 13.2 Å². The number of hydrogen-bond acceptors (Lipinski definition) is 5. The minimum absolute atomic E-state index is 0.0565. The van der Waals surface area contributed by atoms with E-state index in [-0.39, 0.29) is 11.9 Å². The first-order chi connectivity index (χ1) is 13.1. The monoisotopic (exact) mass is 432 g/mol. The van der Waals surface area contributed by atoms with Crippen LogP contribution in [0.2, 0.25) is 0 Å². The normalized spacial score (nSPS) is 16.0. The Balaban J connectivity index is 1.47. The first-order valence-corrected chi connectivity index (χ1v) is 9.87. The zero-order chi connectivity index (χ0) is 19.2. The van der Waals surface area contributed by atoms with Crippen LogP contribution in [-0.2, 0) is 11.3 Å². The summed E-state index contributed by atoms with van der Waals surface area (Å²) >= 11 is 3.41. The Morgan fingerprint density at radius 2 is 1.89 bits per heavy atom. The van der Waals surface area contributed by atoms with Crippen LogP contribution in [0, 0.1) is 0 Å². The van der Waals surface area contributed by atoms with Gasteiger partial charge in [-0.2, -0.15) is 0 Å². The number of methoxy groups -OCH3 is 1. The lowest BCUT2D eigenvalue weighted by Gasteiger charge is -2.38. The molecule has 0 bridgehead atoms. The molecule has 2 aromatic rings. The number of carbonyl (C=O) groups excluding carboxylic acids is 1. The van der Waals surface area contributed by atoms with Crippen molar-refractivity contribution in [1.29, 1.82) is 0 Å². The Kier molecular flexibility index (Phi) is 6.68. The van der Waals surface area contributed by atoms with E-state index >= 15 is 0 Å².